The van der Waals surface area contributed by atoms with E-state index < -0.39 is 6.09 Å². The molecule has 1 aromatic heterocycles. The summed E-state index contributed by atoms with van der Waals surface area (Å²) >= 11 is 6.27. The zero-order valence-electron chi connectivity index (χ0n) is 14.7. The molecule has 0 aliphatic rings. The van der Waals surface area contributed by atoms with Crippen LogP contribution in [0.2, 0.25) is 5.02 Å². The molecule has 26 heavy (non-hydrogen) atoms. The largest absolute Gasteiger partial charge is 0.459 e. The Balaban J connectivity index is 1.67. The molecule has 0 spiro atoms. The molecule has 6 heteroatoms. The number of hydrogen-bond donors (Lipinski definition) is 2. The topological polar surface area (TPSA) is 63.5 Å². The van der Waals surface area contributed by atoms with Gasteiger partial charge in [-0.05, 0) is 43.7 Å². The number of carbonyl (C=O) groups is 1. The Morgan fingerprint density at radius 2 is 2.04 bits per heavy atom. The van der Waals surface area contributed by atoms with Gasteiger partial charge in [-0.2, -0.15) is 0 Å². The van der Waals surface area contributed by atoms with Crippen molar-refractivity contribution in [2.24, 2.45) is 0 Å². The zero-order chi connectivity index (χ0) is 18.5. The van der Waals surface area contributed by atoms with Crippen LogP contribution in [-0.4, -0.2) is 12.7 Å². The van der Waals surface area contributed by atoms with Crippen LogP contribution in [0.3, 0.4) is 0 Å². The number of carbonyl (C=O) groups excluding carboxylic acids is 1. The van der Waals surface area contributed by atoms with Crippen LogP contribution in [0.15, 0.2) is 52.9 Å². The first-order chi connectivity index (χ1) is 12.6. The van der Waals surface area contributed by atoms with Gasteiger partial charge in [-0.15, -0.1) is 0 Å². The average molecular weight is 373 g/mol. The molecule has 5 nitrogen and oxygen atoms in total. The first-order valence-corrected chi connectivity index (χ1v) is 8.93. The fourth-order valence-corrected chi connectivity index (χ4v) is 2.81. The van der Waals surface area contributed by atoms with E-state index in [9.17, 15) is 4.79 Å². The molecule has 1 amide bonds. The maximum Gasteiger partial charge on any atom is 0.411 e. The van der Waals surface area contributed by atoms with Crippen molar-refractivity contribution in [3.63, 3.8) is 0 Å². The molecule has 3 rings (SSSR count). The van der Waals surface area contributed by atoms with Gasteiger partial charge in [0.05, 0.1) is 23.4 Å². The number of para-hydroxylation sites is 1. The molecule has 1 heterocycles. The van der Waals surface area contributed by atoms with Crippen LogP contribution in [0.4, 0.5) is 16.2 Å². The van der Waals surface area contributed by atoms with Crippen LogP contribution < -0.4 is 10.6 Å². The minimum absolute atomic E-state index is 0.0354. The Morgan fingerprint density at radius 1 is 1.23 bits per heavy atom. The van der Waals surface area contributed by atoms with Crippen LogP contribution in [0.1, 0.15) is 32.1 Å². The highest BCUT2D eigenvalue weighted by Crippen LogP contribution is 2.30. The first-order valence-electron chi connectivity index (χ1n) is 8.55. The highest BCUT2D eigenvalue weighted by molar-refractivity contribution is 6.34. The number of benzene rings is 2. The molecule has 1 unspecified atom stereocenters. The van der Waals surface area contributed by atoms with Crippen molar-refractivity contribution in [3.8, 4) is 0 Å². The summed E-state index contributed by atoms with van der Waals surface area (Å²) in [6.45, 7) is 4.32. The Kier molecular flexibility index (Phi) is 5.68. The van der Waals surface area contributed by atoms with Crippen LogP contribution in [0, 0.1) is 0 Å². The molecular formula is C20H21ClN2O3. The molecule has 0 fully saturated rings. The van der Waals surface area contributed by atoms with E-state index in [1.165, 1.54) is 0 Å². The number of furan rings is 1. The van der Waals surface area contributed by atoms with Gasteiger partial charge in [-0.1, -0.05) is 36.7 Å². The molecule has 0 radical (unpaired) electrons. The Morgan fingerprint density at radius 3 is 2.77 bits per heavy atom. The maximum absolute atomic E-state index is 11.6. The van der Waals surface area contributed by atoms with Gasteiger partial charge in [-0.3, -0.25) is 5.32 Å². The minimum atomic E-state index is -0.509. The van der Waals surface area contributed by atoms with E-state index in [-0.39, 0.29) is 6.04 Å². The van der Waals surface area contributed by atoms with E-state index in [2.05, 4.69) is 10.6 Å². The number of halogens is 1. The molecule has 0 saturated carbocycles. The second-order valence-corrected chi connectivity index (χ2v) is 6.42. The number of nitrogens with one attached hydrogen (secondary N) is 2. The molecule has 1 atom stereocenters. The lowest BCUT2D eigenvalue weighted by molar-refractivity contribution is 0.161. The molecule has 0 aliphatic carbocycles. The van der Waals surface area contributed by atoms with E-state index in [4.69, 9.17) is 20.8 Å². The Labute approximate surface area is 157 Å². The van der Waals surface area contributed by atoms with Crippen LogP contribution >= 0.6 is 11.6 Å². The van der Waals surface area contributed by atoms with Crippen LogP contribution in [-0.2, 0) is 4.74 Å². The van der Waals surface area contributed by atoms with E-state index in [0.717, 1.165) is 28.8 Å². The molecule has 136 valence electrons. The zero-order valence-corrected chi connectivity index (χ0v) is 15.5. The van der Waals surface area contributed by atoms with Crippen molar-refractivity contribution in [1.29, 1.82) is 0 Å². The summed E-state index contributed by atoms with van der Waals surface area (Å²) in [6, 6.07) is 15.2. The van der Waals surface area contributed by atoms with E-state index >= 15 is 0 Å². The predicted molar refractivity (Wildman–Crippen MR) is 105 cm³/mol. The molecule has 2 N–H and O–H groups in total. The molecule has 2 aromatic carbocycles. The second-order valence-electron chi connectivity index (χ2n) is 6.01. The van der Waals surface area contributed by atoms with Gasteiger partial charge in [0.2, 0.25) is 0 Å². The standard InChI is InChI=1S/C20H21ClN2O3/c1-3-10-25-20(24)23-17-9-8-15(12-16(17)21)22-13(2)19-11-14-6-4-5-7-18(14)26-19/h4-9,11-13,22H,3,10H2,1-2H3,(H,23,24). The lowest BCUT2D eigenvalue weighted by Gasteiger charge is -2.14. The van der Waals surface area contributed by atoms with Gasteiger partial charge in [0.1, 0.15) is 11.3 Å². The van der Waals surface area contributed by atoms with Crippen molar-refractivity contribution in [2.75, 3.05) is 17.2 Å². The summed E-state index contributed by atoms with van der Waals surface area (Å²) in [4.78, 5) is 11.6. The summed E-state index contributed by atoms with van der Waals surface area (Å²) in [5.74, 6) is 0.840. The van der Waals surface area contributed by atoms with Gasteiger partial charge in [0, 0.05) is 11.1 Å². The van der Waals surface area contributed by atoms with E-state index in [1.54, 1.807) is 12.1 Å². The van der Waals surface area contributed by atoms with Crippen molar-refractivity contribution in [3.05, 3.63) is 59.3 Å². The van der Waals surface area contributed by atoms with Crippen molar-refractivity contribution in [2.45, 2.75) is 26.3 Å². The third kappa shape index (κ3) is 4.29. The number of amides is 1. The summed E-state index contributed by atoms with van der Waals surface area (Å²) in [6.07, 6.45) is 0.258. The summed E-state index contributed by atoms with van der Waals surface area (Å²) in [5.41, 5.74) is 2.20. The summed E-state index contributed by atoms with van der Waals surface area (Å²) in [7, 11) is 0. The van der Waals surface area contributed by atoms with Crippen molar-refractivity contribution >= 4 is 40.0 Å². The van der Waals surface area contributed by atoms with Gasteiger partial charge >= 0.3 is 6.09 Å². The normalized spacial score (nSPS) is 12.0. The van der Waals surface area contributed by atoms with Gasteiger partial charge in [-0.25, -0.2) is 4.79 Å². The number of hydrogen-bond acceptors (Lipinski definition) is 4. The monoisotopic (exact) mass is 372 g/mol. The van der Waals surface area contributed by atoms with E-state index in [1.807, 2.05) is 50.2 Å². The molecule has 0 bridgehead atoms. The SMILES string of the molecule is CCCOC(=O)Nc1ccc(NC(C)c2cc3ccccc3o2)cc1Cl. The average Bonchev–Trinajstić information content (AvgIpc) is 3.06. The fourth-order valence-electron chi connectivity index (χ4n) is 2.58. The number of fused-ring (bicyclic) bond motifs is 1. The Hall–Kier alpha value is -2.66. The van der Waals surface area contributed by atoms with Crippen LogP contribution in [0.25, 0.3) is 11.0 Å². The maximum atomic E-state index is 11.6. The third-order valence-corrected chi connectivity index (χ3v) is 4.21. The van der Waals surface area contributed by atoms with Crippen molar-refractivity contribution in [1.82, 2.24) is 0 Å². The Bertz CT molecular complexity index is 874. The number of ether oxygens (including phenoxy) is 1. The lowest BCUT2D eigenvalue weighted by atomic mass is 10.2. The smallest absolute Gasteiger partial charge is 0.411 e. The number of anilines is 2. The summed E-state index contributed by atoms with van der Waals surface area (Å²) < 4.78 is 10.9. The minimum Gasteiger partial charge on any atom is -0.459 e. The summed E-state index contributed by atoms with van der Waals surface area (Å²) in [5, 5.41) is 7.49. The molecule has 3 aromatic rings. The number of rotatable bonds is 6. The quantitative estimate of drug-likeness (QED) is 0.539. The van der Waals surface area contributed by atoms with Crippen molar-refractivity contribution < 1.29 is 13.9 Å². The first kappa shape index (κ1) is 18.1. The second kappa shape index (κ2) is 8.15. The van der Waals surface area contributed by atoms with Gasteiger partial charge in [0.15, 0.2) is 0 Å². The lowest BCUT2D eigenvalue weighted by Crippen LogP contribution is -2.14. The third-order valence-electron chi connectivity index (χ3n) is 3.90. The fraction of sp³-hybridized carbons (Fsp3) is 0.250. The van der Waals surface area contributed by atoms with Gasteiger partial charge < -0.3 is 14.5 Å². The molecule has 0 aliphatic heterocycles. The molecule has 0 saturated heterocycles. The van der Waals surface area contributed by atoms with Gasteiger partial charge in [0.25, 0.3) is 0 Å². The highest BCUT2D eigenvalue weighted by atomic mass is 35.5. The highest BCUT2D eigenvalue weighted by Gasteiger charge is 2.13. The predicted octanol–water partition coefficient (Wildman–Crippen LogP) is 6.22. The molecular weight excluding hydrogens is 352 g/mol. The van der Waals surface area contributed by atoms with E-state index in [0.29, 0.717) is 17.3 Å². The van der Waals surface area contributed by atoms with Crippen LogP contribution in [0.5, 0.6) is 0 Å².